The minimum atomic E-state index is 0.591. The molecule has 3 heteroatoms. The molecule has 0 spiro atoms. The van der Waals surface area contributed by atoms with Crippen molar-refractivity contribution in [3.05, 3.63) is 51.5 Å². The minimum absolute atomic E-state index is 0.591. The van der Waals surface area contributed by atoms with Gasteiger partial charge in [0.05, 0.1) is 5.01 Å². The van der Waals surface area contributed by atoms with Crippen LogP contribution in [-0.4, -0.2) is 11.3 Å². The van der Waals surface area contributed by atoms with E-state index in [9.17, 15) is 4.79 Å². The molecule has 2 rings (SSSR count). The van der Waals surface area contributed by atoms with Gasteiger partial charge in [-0.05, 0) is 18.9 Å². The van der Waals surface area contributed by atoms with E-state index in [0.717, 1.165) is 29.0 Å². The Balaban J connectivity index is 2.02. The van der Waals surface area contributed by atoms with Crippen molar-refractivity contribution in [2.45, 2.75) is 19.8 Å². The number of benzene rings is 1. The quantitative estimate of drug-likeness (QED) is 0.757. The average Bonchev–Trinajstić information content (AvgIpc) is 2.69. The van der Waals surface area contributed by atoms with Crippen LogP contribution in [0.25, 0.3) is 0 Å². The van der Waals surface area contributed by atoms with Crippen LogP contribution in [0.2, 0.25) is 0 Å². The maximum absolute atomic E-state index is 10.7. The van der Waals surface area contributed by atoms with Gasteiger partial charge in [0.2, 0.25) is 0 Å². The van der Waals surface area contributed by atoms with Gasteiger partial charge < -0.3 is 0 Å². The van der Waals surface area contributed by atoms with Crippen LogP contribution >= 0.6 is 11.3 Å². The van der Waals surface area contributed by atoms with Gasteiger partial charge in [0.25, 0.3) is 0 Å². The van der Waals surface area contributed by atoms with Crippen molar-refractivity contribution in [3.63, 3.8) is 0 Å². The number of aromatic nitrogens is 1. The Morgan fingerprint density at radius 2 is 2.00 bits per heavy atom. The summed E-state index contributed by atoms with van der Waals surface area (Å²) in [5, 5.41) is 1.04. The number of aldehydes is 1. The lowest BCUT2D eigenvalue weighted by Gasteiger charge is -1.97. The molecular formula is C13H13NOS. The standard InChI is InChI=1S/C13H13NOS/c1-10-12(9-15)14-13(16-10)8-7-11-5-3-2-4-6-11/h2-6,9H,7-8H2,1H3. The minimum Gasteiger partial charge on any atom is -0.296 e. The van der Waals surface area contributed by atoms with Crippen molar-refractivity contribution >= 4 is 17.6 Å². The predicted molar refractivity (Wildman–Crippen MR) is 66.1 cm³/mol. The SMILES string of the molecule is Cc1sc(CCc2ccccc2)nc1C=O. The van der Waals surface area contributed by atoms with Crippen LogP contribution in [0.5, 0.6) is 0 Å². The highest BCUT2D eigenvalue weighted by molar-refractivity contribution is 7.11. The van der Waals surface area contributed by atoms with Gasteiger partial charge in [0, 0.05) is 11.3 Å². The van der Waals surface area contributed by atoms with Gasteiger partial charge in [-0.2, -0.15) is 0 Å². The molecule has 1 aromatic heterocycles. The number of carbonyl (C=O) groups excluding carboxylic acids is 1. The summed E-state index contributed by atoms with van der Waals surface area (Å²) in [7, 11) is 0. The lowest BCUT2D eigenvalue weighted by atomic mass is 10.1. The molecule has 0 atom stereocenters. The molecule has 0 aliphatic heterocycles. The normalized spacial score (nSPS) is 10.3. The number of hydrogen-bond donors (Lipinski definition) is 0. The van der Waals surface area contributed by atoms with Crippen LogP contribution in [0.1, 0.15) is 25.9 Å². The lowest BCUT2D eigenvalue weighted by molar-refractivity contribution is 0.111. The summed E-state index contributed by atoms with van der Waals surface area (Å²) in [5.41, 5.74) is 1.90. The van der Waals surface area contributed by atoms with Crippen LogP contribution < -0.4 is 0 Å². The Morgan fingerprint density at radius 3 is 2.62 bits per heavy atom. The maximum Gasteiger partial charge on any atom is 0.169 e. The van der Waals surface area contributed by atoms with Gasteiger partial charge in [0.1, 0.15) is 5.69 Å². The van der Waals surface area contributed by atoms with E-state index in [2.05, 4.69) is 17.1 Å². The van der Waals surface area contributed by atoms with Crippen LogP contribution in [0.3, 0.4) is 0 Å². The third kappa shape index (κ3) is 2.55. The fraction of sp³-hybridized carbons (Fsp3) is 0.231. The van der Waals surface area contributed by atoms with E-state index in [1.54, 1.807) is 11.3 Å². The first-order valence-corrected chi connectivity index (χ1v) is 6.06. The second-order valence-corrected chi connectivity index (χ2v) is 4.94. The number of rotatable bonds is 4. The predicted octanol–water partition coefficient (Wildman–Crippen LogP) is 3.05. The molecule has 0 amide bonds. The Morgan fingerprint density at radius 1 is 1.25 bits per heavy atom. The maximum atomic E-state index is 10.7. The number of carbonyl (C=O) groups is 1. The molecule has 0 radical (unpaired) electrons. The molecule has 82 valence electrons. The molecule has 0 saturated carbocycles. The molecule has 16 heavy (non-hydrogen) atoms. The van der Waals surface area contributed by atoms with E-state index < -0.39 is 0 Å². The van der Waals surface area contributed by atoms with Gasteiger partial charge >= 0.3 is 0 Å². The summed E-state index contributed by atoms with van der Waals surface area (Å²) in [4.78, 5) is 16.0. The van der Waals surface area contributed by atoms with E-state index in [4.69, 9.17) is 0 Å². The molecule has 0 bridgehead atoms. The fourth-order valence-electron chi connectivity index (χ4n) is 1.58. The number of nitrogens with zero attached hydrogens (tertiary/aromatic N) is 1. The summed E-state index contributed by atoms with van der Waals surface area (Å²) < 4.78 is 0. The van der Waals surface area contributed by atoms with Crippen LogP contribution in [0, 0.1) is 6.92 Å². The molecule has 2 nitrogen and oxygen atoms in total. The molecule has 1 heterocycles. The van der Waals surface area contributed by atoms with Crippen molar-refractivity contribution < 1.29 is 4.79 Å². The fourth-order valence-corrected chi connectivity index (χ4v) is 2.48. The van der Waals surface area contributed by atoms with Crippen LogP contribution in [-0.2, 0) is 12.8 Å². The molecule has 2 aromatic rings. The average molecular weight is 231 g/mol. The molecule has 0 saturated heterocycles. The first-order chi connectivity index (χ1) is 7.79. The van der Waals surface area contributed by atoms with Gasteiger partial charge in [-0.25, -0.2) is 4.98 Å². The molecule has 0 fully saturated rings. The van der Waals surface area contributed by atoms with Crippen molar-refractivity contribution in [2.24, 2.45) is 0 Å². The highest BCUT2D eigenvalue weighted by Crippen LogP contribution is 2.17. The summed E-state index contributed by atoms with van der Waals surface area (Å²) in [6.07, 6.45) is 2.72. The van der Waals surface area contributed by atoms with Gasteiger partial charge in [-0.1, -0.05) is 30.3 Å². The van der Waals surface area contributed by atoms with E-state index >= 15 is 0 Å². The summed E-state index contributed by atoms with van der Waals surface area (Å²) in [6.45, 7) is 1.94. The Hall–Kier alpha value is -1.48. The zero-order chi connectivity index (χ0) is 11.4. The molecule has 1 aromatic carbocycles. The van der Waals surface area contributed by atoms with Crippen molar-refractivity contribution in [1.82, 2.24) is 4.98 Å². The first-order valence-electron chi connectivity index (χ1n) is 5.25. The Kier molecular flexibility index (Phi) is 3.47. The molecule has 0 unspecified atom stereocenters. The largest absolute Gasteiger partial charge is 0.296 e. The second-order valence-electron chi connectivity index (χ2n) is 3.65. The van der Waals surface area contributed by atoms with Gasteiger partial charge in [0.15, 0.2) is 6.29 Å². The number of thiazole rings is 1. The van der Waals surface area contributed by atoms with E-state index in [-0.39, 0.29) is 0 Å². The lowest BCUT2D eigenvalue weighted by Crippen LogP contribution is -1.91. The van der Waals surface area contributed by atoms with Gasteiger partial charge in [-0.3, -0.25) is 4.79 Å². The third-order valence-electron chi connectivity index (χ3n) is 2.46. The Labute approximate surface area is 99.0 Å². The molecular weight excluding hydrogens is 218 g/mol. The zero-order valence-corrected chi connectivity index (χ0v) is 9.96. The summed E-state index contributed by atoms with van der Waals surface area (Å²) in [5.74, 6) is 0. The zero-order valence-electron chi connectivity index (χ0n) is 9.14. The summed E-state index contributed by atoms with van der Waals surface area (Å²) >= 11 is 1.62. The van der Waals surface area contributed by atoms with Crippen LogP contribution in [0.15, 0.2) is 30.3 Å². The smallest absolute Gasteiger partial charge is 0.169 e. The highest BCUT2D eigenvalue weighted by atomic mass is 32.1. The first kappa shape index (κ1) is 11.0. The molecule has 0 aliphatic rings. The van der Waals surface area contributed by atoms with Crippen LogP contribution in [0.4, 0.5) is 0 Å². The van der Waals surface area contributed by atoms with E-state index in [1.165, 1.54) is 5.56 Å². The summed E-state index contributed by atoms with van der Waals surface area (Å²) in [6, 6.07) is 10.3. The highest BCUT2D eigenvalue weighted by Gasteiger charge is 2.06. The molecule has 0 N–H and O–H groups in total. The topological polar surface area (TPSA) is 30.0 Å². The second kappa shape index (κ2) is 5.03. The molecule has 0 aliphatic carbocycles. The van der Waals surface area contributed by atoms with E-state index in [0.29, 0.717) is 5.69 Å². The third-order valence-corrected chi connectivity index (χ3v) is 3.51. The van der Waals surface area contributed by atoms with Crippen molar-refractivity contribution in [2.75, 3.05) is 0 Å². The van der Waals surface area contributed by atoms with Crippen molar-refractivity contribution in [1.29, 1.82) is 0 Å². The number of hydrogen-bond acceptors (Lipinski definition) is 3. The number of aryl methyl sites for hydroxylation is 3. The van der Waals surface area contributed by atoms with Crippen molar-refractivity contribution in [3.8, 4) is 0 Å². The van der Waals surface area contributed by atoms with E-state index in [1.807, 2.05) is 25.1 Å². The Bertz CT molecular complexity index is 476. The monoisotopic (exact) mass is 231 g/mol. The van der Waals surface area contributed by atoms with Gasteiger partial charge in [-0.15, -0.1) is 11.3 Å².